The number of hydrogen-bond donors (Lipinski definition) is 2. The van der Waals surface area contributed by atoms with E-state index in [1.54, 1.807) is 6.07 Å². The normalized spacial score (nSPS) is 12.8. The van der Waals surface area contributed by atoms with Gasteiger partial charge in [0.05, 0.1) is 6.04 Å². The molecule has 1 unspecified atom stereocenters. The molecule has 0 radical (unpaired) electrons. The largest absolute Gasteiger partial charge is 0.319 e. The van der Waals surface area contributed by atoms with Gasteiger partial charge in [0.15, 0.2) is 0 Å². The number of carbonyl (C=O) groups excluding carboxylic acids is 2. The molecule has 1 amide bonds. The minimum Gasteiger partial charge on any atom is -0.319 e. The summed E-state index contributed by atoms with van der Waals surface area (Å²) in [5.41, 5.74) is 1.48. The van der Waals surface area contributed by atoms with E-state index in [1.165, 1.54) is 0 Å². The number of aryl methyl sites for hydroxylation is 1. The fourth-order valence-corrected chi connectivity index (χ4v) is 2.15. The van der Waals surface area contributed by atoms with Crippen molar-refractivity contribution in [2.75, 3.05) is 5.32 Å². The fourth-order valence-electron chi connectivity index (χ4n) is 2.15. The summed E-state index contributed by atoms with van der Waals surface area (Å²) in [6.45, 7) is 9.91. The van der Waals surface area contributed by atoms with Crippen molar-refractivity contribution in [1.29, 1.82) is 0 Å². The molecule has 4 heteroatoms. The zero-order valence-electron chi connectivity index (χ0n) is 13.6. The summed E-state index contributed by atoms with van der Waals surface area (Å²) in [7, 11) is 0. The SMILES string of the molecule is CCCC(NC(C)(C)C)C(=O)C(=O)Nc1cccc(C)c1. The molecule has 0 saturated heterocycles. The Hall–Kier alpha value is -1.68. The summed E-state index contributed by atoms with van der Waals surface area (Å²) in [6.07, 6.45) is 1.49. The van der Waals surface area contributed by atoms with E-state index in [9.17, 15) is 9.59 Å². The molecule has 0 spiro atoms. The Morgan fingerprint density at radius 2 is 1.90 bits per heavy atom. The Kier molecular flexibility index (Phi) is 6.09. The van der Waals surface area contributed by atoms with E-state index in [0.717, 1.165) is 12.0 Å². The lowest BCUT2D eigenvalue weighted by atomic mass is 10.0. The Labute approximate surface area is 127 Å². The second kappa shape index (κ2) is 7.36. The molecule has 0 saturated carbocycles. The highest BCUT2D eigenvalue weighted by Crippen LogP contribution is 2.11. The summed E-state index contributed by atoms with van der Waals surface area (Å²) < 4.78 is 0. The van der Waals surface area contributed by atoms with Crippen LogP contribution in [0.25, 0.3) is 0 Å². The van der Waals surface area contributed by atoms with Crippen LogP contribution in [0.4, 0.5) is 5.69 Å². The molecular weight excluding hydrogens is 264 g/mol. The van der Waals surface area contributed by atoms with Crippen LogP contribution in [0, 0.1) is 6.92 Å². The fraction of sp³-hybridized carbons (Fsp3) is 0.529. The van der Waals surface area contributed by atoms with Crippen molar-refractivity contribution in [3.8, 4) is 0 Å². The van der Waals surface area contributed by atoms with Crippen LogP contribution in [0.3, 0.4) is 0 Å². The number of carbonyl (C=O) groups is 2. The predicted octanol–water partition coefficient (Wildman–Crippen LogP) is 3.06. The lowest BCUT2D eigenvalue weighted by Gasteiger charge is -2.27. The van der Waals surface area contributed by atoms with Crippen LogP contribution < -0.4 is 10.6 Å². The molecule has 1 aromatic carbocycles. The van der Waals surface area contributed by atoms with Gasteiger partial charge in [0.25, 0.3) is 5.91 Å². The number of rotatable bonds is 6. The van der Waals surface area contributed by atoms with Gasteiger partial charge >= 0.3 is 0 Å². The van der Waals surface area contributed by atoms with Gasteiger partial charge in [-0.3, -0.25) is 9.59 Å². The quantitative estimate of drug-likeness (QED) is 0.792. The van der Waals surface area contributed by atoms with Gasteiger partial charge in [-0.2, -0.15) is 0 Å². The molecule has 1 rings (SSSR count). The Balaban J connectivity index is 2.76. The van der Waals surface area contributed by atoms with E-state index in [-0.39, 0.29) is 5.54 Å². The van der Waals surface area contributed by atoms with E-state index in [0.29, 0.717) is 12.1 Å². The lowest BCUT2D eigenvalue weighted by molar-refractivity contribution is -0.136. The number of hydrogen-bond acceptors (Lipinski definition) is 3. The first-order valence-corrected chi connectivity index (χ1v) is 7.42. The molecule has 21 heavy (non-hydrogen) atoms. The van der Waals surface area contributed by atoms with Gasteiger partial charge in [-0.1, -0.05) is 25.5 Å². The van der Waals surface area contributed by atoms with Crippen molar-refractivity contribution in [1.82, 2.24) is 5.32 Å². The van der Waals surface area contributed by atoms with Gasteiger partial charge < -0.3 is 10.6 Å². The zero-order valence-corrected chi connectivity index (χ0v) is 13.6. The summed E-state index contributed by atoms with van der Waals surface area (Å²) >= 11 is 0. The van der Waals surface area contributed by atoms with Crippen LogP contribution in [-0.4, -0.2) is 23.3 Å². The first kappa shape index (κ1) is 17.4. The molecule has 2 N–H and O–H groups in total. The molecule has 0 fully saturated rings. The lowest BCUT2D eigenvalue weighted by Crippen LogP contribution is -2.50. The van der Waals surface area contributed by atoms with Crippen molar-refractivity contribution in [3.05, 3.63) is 29.8 Å². The van der Waals surface area contributed by atoms with Crippen LogP contribution in [0.5, 0.6) is 0 Å². The first-order valence-electron chi connectivity index (χ1n) is 7.42. The number of Topliss-reactive ketones (excluding diaryl/α,β-unsaturated/α-hetero) is 1. The van der Waals surface area contributed by atoms with Crippen molar-refractivity contribution in [2.45, 2.75) is 59.0 Å². The van der Waals surface area contributed by atoms with E-state index >= 15 is 0 Å². The number of ketones is 1. The maximum atomic E-state index is 12.3. The Bertz CT molecular complexity index is 504. The molecule has 116 valence electrons. The number of anilines is 1. The molecule has 0 aliphatic rings. The monoisotopic (exact) mass is 290 g/mol. The average molecular weight is 290 g/mol. The zero-order chi connectivity index (χ0) is 16.0. The van der Waals surface area contributed by atoms with Crippen LogP contribution in [-0.2, 0) is 9.59 Å². The highest BCUT2D eigenvalue weighted by atomic mass is 16.2. The Morgan fingerprint density at radius 1 is 1.24 bits per heavy atom. The highest BCUT2D eigenvalue weighted by Gasteiger charge is 2.27. The second-order valence-electron chi connectivity index (χ2n) is 6.42. The minimum atomic E-state index is -0.559. The number of nitrogens with one attached hydrogen (secondary N) is 2. The smallest absolute Gasteiger partial charge is 0.293 e. The molecule has 1 aromatic rings. The van der Waals surface area contributed by atoms with Crippen LogP contribution >= 0.6 is 0 Å². The van der Waals surface area contributed by atoms with Gasteiger partial charge in [0, 0.05) is 11.2 Å². The molecule has 0 aliphatic carbocycles. The molecule has 4 nitrogen and oxygen atoms in total. The summed E-state index contributed by atoms with van der Waals surface area (Å²) in [5.74, 6) is -0.968. The van der Waals surface area contributed by atoms with Crippen molar-refractivity contribution < 1.29 is 9.59 Å². The van der Waals surface area contributed by atoms with Crippen molar-refractivity contribution in [2.24, 2.45) is 0 Å². The standard InChI is InChI=1S/C17H26N2O2/c1-6-8-14(19-17(3,4)5)15(20)16(21)18-13-10-7-9-12(2)11-13/h7,9-11,14,19H,6,8H2,1-5H3,(H,18,21). The topological polar surface area (TPSA) is 58.2 Å². The third kappa shape index (κ3) is 6.08. The molecule has 1 atom stereocenters. The third-order valence-corrected chi connectivity index (χ3v) is 3.00. The maximum absolute atomic E-state index is 12.3. The van der Waals surface area contributed by atoms with E-state index < -0.39 is 17.7 Å². The predicted molar refractivity (Wildman–Crippen MR) is 86.4 cm³/mol. The first-order chi connectivity index (χ1) is 9.73. The third-order valence-electron chi connectivity index (χ3n) is 3.00. The number of amides is 1. The summed E-state index contributed by atoms with van der Waals surface area (Å²) in [6, 6.07) is 6.98. The number of benzene rings is 1. The molecule has 0 aliphatic heterocycles. The molecular formula is C17H26N2O2. The molecule has 0 heterocycles. The maximum Gasteiger partial charge on any atom is 0.293 e. The summed E-state index contributed by atoms with van der Waals surface area (Å²) in [5, 5.41) is 5.90. The van der Waals surface area contributed by atoms with Crippen molar-refractivity contribution in [3.63, 3.8) is 0 Å². The minimum absolute atomic E-state index is 0.209. The van der Waals surface area contributed by atoms with Crippen molar-refractivity contribution >= 4 is 17.4 Å². The van der Waals surface area contributed by atoms with Gasteiger partial charge in [-0.15, -0.1) is 0 Å². The van der Waals surface area contributed by atoms with Gasteiger partial charge in [0.1, 0.15) is 0 Å². The molecule has 0 aromatic heterocycles. The Morgan fingerprint density at radius 3 is 2.43 bits per heavy atom. The summed E-state index contributed by atoms with van der Waals surface area (Å²) in [4.78, 5) is 24.5. The van der Waals surface area contributed by atoms with E-state index in [4.69, 9.17) is 0 Å². The van der Waals surface area contributed by atoms with E-state index in [1.807, 2.05) is 52.8 Å². The van der Waals surface area contributed by atoms with Crippen LogP contribution in [0.1, 0.15) is 46.1 Å². The van der Waals surface area contributed by atoms with Gasteiger partial charge in [-0.05, 0) is 51.8 Å². The van der Waals surface area contributed by atoms with Crippen LogP contribution in [0.15, 0.2) is 24.3 Å². The van der Waals surface area contributed by atoms with E-state index in [2.05, 4.69) is 10.6 Å². The second-order valence-corrected chi connectivity index (χ2v) is 6.42. The highest BCUT2D eigenvalue weighted by molar-refractivity contribution is 6.42. The molecule has 0 bridgehead atoms. The van der Waals surface area contributed by atoms with Gasteiger partial charge in [0.2, 0.25) is 5.78 Å². The average Bonchev–Trinajstić information content (AvgIpc) is 2.35. The van der Waals surface area contributed by atoms with Gasteiger partial charge in [-0.25, -0.2) is 0 Å². The van der Waals surface area contributed by atoms with Crippen LogP contribution in [0.2, 0.25) is 0 Å².